The molecule has 1 aromatic rings. The number of amides is 1. The van der Waals surface area contributed by atoms with Crippen LogP contribution in [0, 0.1) is 0 Å². The van der Waals surface area contributed by atoms with Gasteiger partial charge in [0.1, 0.15) is 18.5 Å². The quantitative estimate of drug-likeness (QED) is 0.500. The molecule has 0 N–H and O–H groups in total. The number of Topliss-reactive ketones (excluding diaryl/α,β-unsaturated/α-hetero) is 1. The number of carbonyl (C=O) groups excluding carboxylic acids is 2. The number of ketones is 1. The van der Waals surface area contributed by atoms with E-state index in [0.29, 0.717) is 30.9 Å². The van der Waals surface area contributed by atoms with Crippen LogP contribution >= 0.6 is 7.60 Å². The number of benzene rings is 1. The molecule has 0 atom stereocenters. The Kier molecular flexibility index (Phi) is 6.54. The summed E-state index contributed by atoms with van der Waals surface area (Å²) in [7, 11) is -0.901. The molecule has 0 bridgehead atoms. The van der Waals surface area contributed by atoms with Gasteiger partial charge in [0.2, 0.25) is 5.91 Å². The van der Waals surface area contributed by atoms with Crippen LogP contribution in [0.15, 0.2) is 24.3 Å². The molecule has 1 fully saturated rings. The molecule has 1 saturated heterocycles. The van der Waals surface area contributed by atoms with Gasteiger partial charge in [0.25, 0.3) is 0 Å². The fourth-order valence-corrected chi connectivity index (χ4v) is 3.39. The van der Waals surface area contributed by atoms with E-state index in [1.165, 1.54) is 14.2 Å². The average Bonchev–Trinajstić information content (AvgIpc) is 3.00. The van der Waals surface area contributed by atoms with Crippen LogP contribution in [0.2, 0.25) is 0 Å². The first-order valence-electron chi connectivity index (χ1n) is 7.72. The van der Waals surface area contributed by atoms with Gasteiger partial charge in [-0.15, -0.1) is 0 Å². The van der Waals surface area contributed by atoms with Gasteiger partial charge in [0, 0.05) is 32.7 Å². The molecular weight excluding hydrogens is 333 g/mol. The van der Waals surface area contributed by atoms with E-state index >= 15 is 0 Å². The summed E-state index contributed by atoms with van der Waals surface area (Å²) in [5.74, 6) is 0.330. The molecule has 2 rings (SSSR count). The number of ether oxygens (including phenoxy) is 1. The lowest BCUT2D eigenvalue weighted by Gasteiger charge is -2.16. The molecule has 0 aliphatic carbocycles. The standard InChI is InChI=1S/C16H22NO6P/c1-21-24(20,22-2)12-15(18)13-5-3-6-14(11-13)23-10-9-17-8-4-7-16(17)19/h3,5-6,11H,4,7-10,12H2,1-2H3. The molecule has 7 nitrogen and oxygen atoms in total. The maximum atomic E-state index is 12.2. The monoisotopic (exact) mass is 355 g/mol. The van der Waals surface area contributed by atoms with E-state index in [2.05, 4.69) is 0 Å². The normalized spacial score (nSPS) is 14.9. The van der Waals surface area contributed by atoms with Gasteiger partial charge in [-0.2, -0.15) is 0 Å². The lowest BCUT2D eigenvalue weighted by molar-refractivity contribution is -0.128. The van der Waals surface area contributed by atoms with Crippen molar-refractivity contribution in [3.05, 3.63) is 29.8 Å². The molecule has 0 spiro atoms. The molecule has 1 amide bonds. The summed E-state index contributed by atoms with van der Waals surface area (Å²) in [5.41, 5.74) is 0.374. The van der Waals surface area contributed by atoms with E-state index in [0.717, 1.165) is 13.0 Å². The Morgan fingerprint density at radius 3 is 2.67 bits per heavy atom. The minimum atomic E-state index is -3.39. The van der Waals surface area contributed by atoms with Gasteiger partial charge < -0.3 is 18.7 Å². The number of hydrogen-bond acceptors (Lipinski definition) is 6. The molecule has 1 heterocycles. The molecule has 1 aromatic carbocycles. The van der Waals surface area contributed by atoms with Gasteiger partial charge in [0.05, 0.1) is 6.54 Å². The predicted octanol–water partition coefficient (Wildman–Crippen LogP) is 2.36. The molecule has 0 saturated carbocycles. The molecule has 132 valence electrons. The van der Waals surface area contributed by atoms with Crippen LogP contribution in [-0.2, 0) is 18.4 Å². The highest BCUT2D eigenvalue weighted by Gasteiger charge is 2.26. The maximum Gasteiger partial charge on any atom is 0.337 e. The number of rotatable bonds is 9. The van der Waals surface area contributed by atoms with Crippen LogP contribution in [0.25, 0.3) is 0 Å². The first kappa shape index (κ1) is 18.6. The van der Waals surface area contributed by atoms with Crippen LogP contribution in [0.4, 0.5) is 0 Å². The van der Waals surface area contributed by atoms with E-state index in [1.54, 1.807) is 29.2 Å². The predicted molar refractivity (Wildman–Crippen MR) is 88.6 cm³/mol. The Hall–Kier alpha value is -1.69. The fourth-order valence-electron chi connectivity index (χ4n) is 2.44. The van der Waals surface area contributed by atoms with Crippen molar-refractivity contribution in [1.82, 2.24) is 4.90 Å². The number of carbonyl (C=O) groups is 2. The number of nitrogens with zero attached hydrogens (tertiary/aromatic N) is 1. The zero-order chi connectivity index (χ0) is 17.6. The zero-order valence-corrected chi connectivity index (χ0v) is 14.8. The third kappa shape index (κ3) is 4.90. The minimum Gasteiger partial charge on any atom is -0.492 e. The molecule has 24 heavy (non-hydrogen) atoms. The zero-order valence-electron chi connectivity index (χ0n) is 13.9. The van der Waals surface area contributed by atoms with Gasteiger partial charge in [-0.1, -0.05) is 12.1 Å². The van der Waals surface area contributed by atoms with Crippen molar-refractivity contribution in [2.75, 3.05) is 40.1 Å². The van der Waals surface area contributed by atoms with Gasteiger partial charge in [0.15, 0.2) is 5.78 Å². The molecule has 0 unspecified atom stereocenters. The topological polar surface area (TPSA) is 82.1 Å². The Morgan fingerprint density at radius 2 is 2.04 bits per heavy atom. The first-order valence-corrected chi connectivity index (χ1v) is 9.44. The molecule has 1 aliphatic heterocycles. The van der Waals surface area contributed by atoms with Gasteiger partial charge in [-0.05, 0) is 18.6 Å². The fraction of sp³-hybridized carbons (Fsp3) is 0.500. The molecule has 0 aromatic heterocycles. The summed E-state index contributed by atoms with van der Waals surface area (Å²) in [6.07, 6.45) is 1.16. The first-order chi connectivity index (χ1) is 11.5. The van der Waals surface area contributed by atoms with E-state index in [1.807, 2.05) is 0 Å². The second-order valence-electron chi connectivity index (χ2n) is 5.42. The Morgan fingerprint density at radius 1 is 1.29 bits per heavy atom. The molecule has 8 heteroatoms. The Bertz CT molecular complexity index is 639. The third-order valence-corrected chi connectivity index (χ3v) is 5.64. The van der Waals surface area contributed by atoms with Crippen molar-refractivity contribution in [1.29, 1.82) is 0 Å². The lowest BCUT2D eigenvalue weighted by Crippen LogP contribution is -2.29. The van der Waals surface area contributed by atoms with E-state index < -0.39 is 7.60 Å². The largest absolute Gasteiger partial charge is 0.492 e. The molecule has 0 radical (unpaired) electrons. The summed E-state index contributed by atoms with van der Waals surface area (Å²) in [6, 6.07) is 6.63. The maximum absolute atomic E-state index is 12.2. The highest BCUT2D eigenvalue weighted by atomic mass is 31.2. The second-order valence-corrected chi connectivity index (χ2v) is 7.69. The summed E-state index contributed by atoms with van der Waals surface area (Å²) in [4.78, 5) is 25.5. The highest BCUT2D eigenvalue weighted by molar-refractivity contribution is 7.54. The SMILES string of the molecule is COP(=O)(CC(=O)c1cccc(OCCN2CCCC2=O)c1)OC. The Labute approximate surface area is 141 Å². The second kappa shape index (κ2) is 8.42. The van der Waals surface area contributed by atoms with Crippen molar-refractivity contribution in [2.45, 2.75) is 12.8 Å². The summed E-state index contributed by atoms with van der Waals surface area (Å²) >= 11 is 0. The number of likely N-dealkylation sites (tertiary alicyclic amines) is 1. The summed E-state index contributed by atoms with van der Waals surface area (Å²) in [5, 5.41) is 0. The molecule has 1 aliphatic rings. The third-order valence-electron chi connectivity index (χ3n) is 3.85. The number of hydrogen-bond donors (Lipinski definition) is 0. The van der Waals surface area contributed by atoms with Gasteiger partial charge >= 0.3 is 7.60 Å². The van der Waals surface area contributed by atoms with Crippen LogP contribution < -0.4 is 4.74 Å². The van der Waals surface area contributed by atoms with E-state index in [9.17, 15) is 14.2 Å². The van der Waals surface area contributed by atoms with Crippen LogP contribution in [0.5, 0.6) is 5.75 Å². The van der Waals surface area contributed by atoms with Crippen LogP contribution in [0.1, 0.15) is 23.2 Å². The van der Waals surface area contributed by atoms with Crippen molar-refractivity contribution < 1.29 is 27.9 Å². The Balaban J connectivity index is 1.92. The van der Waals surface area contributed by atoms with Crippen molar-refractivity contribution in [3.8, 4) is 5.75 Å². The van der Waals surface area contributed by atoms with Crippen LogP contribution in [0.3, 0.4) is 0 Å². The van der Waals surface area contributed by atoms with E-state index in [-0.39, 0.29) is 17.9 Å². The van der Waals surface area contributed by atoms with Crippen molar-refractivity contribution in [2.24, 2.45) is 0 Å². The van der Waals surface area contributed by atoms with Crippen molar-refractivity contribution in [3.63, 3.8) is 0 Å². The molecular formula is C16H22NO6P. The minimum absolute atomic E-state index is 0.150. The van der Waals surface area contributed by atoms with E-state index in [4.69, 9.17) is 13.8 Å². The van der Waals surface area contributed by atoms with Crippen LogP contribution in [-0.4, -0.2) is 56.7 Å². The van der Waals surface area contributed by atoms with Gasteiger partial charge in [-0.3, -0.25) is 14.2 Å². The summed E-state index contributed by atoms with van der Waals surface area (Å²) in [6.45, 7) is 1.65. The smallest absolute Gasteiger partial charge is 0.337 e. The average molecular weight is 355 g/mol. The highest BCUT2D eigenvalue weighted by Crippen LogP contribution is 2.46. The lowest BCUT2D eigenvalue weighted by atomic mass is 10.1. The van der Waals surface area contributed by atoms with Crippen molar-refractivity contribution >= 4 is 19.3 Å². The van der Waals surface area contributed by atoms with Gasteiger partial charge in [-0.25, -0.2) is 0 Å². The summed E-state index contributed by atoms with van der Waals surface area (Å²) < 4.78 is 27.2.